The molecule has 1 aromatic heterocycles. The van der Waals surface area contributed by atoms with Crippen LogP contribution in [0.4, 0.5) is 0 Å². The van der Waals surface area contributed by atoms with Gasteiger partial charge in [0, 0.05) is 13.1 Å². The summed E-state index contributed by atoms with van der Waals surface area (Å²) in [5, 5.41) is 3.78. The standard InChI is InChI=1S/C7H7ClN2/c8-7-2-1-5-3-9-4-6(5)10-7/h1-2,9H,3-4H2. The molecule has 0 saturated heterocycles. The van der Waals surface area contributed by atoms with E-state index in [9.17, 15) is 0 Å². The van der Waals surface area contributed by atoms with Gasteiger partial charge in [0.15, 0.2) is 0 Å². The molecule has 0 fully saturated rings. The predicted molar refractivity (Wildman–Crippen MR) is 39.8 cm³/mol. The topological polar surface area (TPSA) is 24.9 Å². The molecule has 3 heteroatoms. The highest BCUT2D eigenvalue weighted by Gasteiger charge is 2.10. The Morgan fingerprint density at radius 3 is 3.20 bits per heavy atom. The van der Waals surface area contributed by atoms with Crippen LogP contribution in [0.25, 0.3) is 0 Å². The third-order valence-electron chi connectivity index (χ3n) is 1.64. The van der Waals surface area contributed by atoms with E-state index >= 15 is 0 Å². The maximum atomic E-state index is 5.68. The number of nitrogens with zero attached hydrogens (tertiary/aromatic N) is 1. The van der Waals surface area contributed by atoms with Crippen molar-refractivity contribution in [3.05, 3.63) is 28.5 Å². The normalized spacial score (nSPS) is 15.3. The SMILES string of the molecule is Clc1ccc2c(n1)CNC2. The van der Waals surface area contributed by atoms with Crippen LogP contribution in [0, 0.1) is 0 Å². The van der Waals surface area contributed by atoms with E-state index in [1.807, 2.05) is 12.1 Å². The minimum atomic E-state index is 0.586. The zero-order valence-corrected chi connectivity index (χ0v) is 6.15. The summed E-state index contributed by atoms with van der Waals surface area (Å²) in [5.41, 5.74) is 2.36. The third kappa shape index (κ3) is 0.895. The Hall–Kier alpha value is -0.600. The largest absolute Gasteiger partial charge is 0.307 e. The van der Waals surface area contributed by atoms with Gasteiger partial charge < -0.3 is 5.32 Å². The van der Waals surface area contributed by atoms with Crippen LogP contribution in [0.1, 0.15) is 11.3 Å². The second-order valence-electron chi connectivity index (χ2n) is 2.34. The van der Waals surface area contributed by atoms with Crippen LogP contribution in [-0.4, -0.2) is 4.98 Å². The lowest BCUT2D eigenvalue weighted by Gasteiger charge is -1.94. The van der Waals surface area contributed by atoms with Crippen LogP contribution in [0.2, 0.25) is 5.15 Å². The smallest absolute Gasteiger partial charge is 0.129 e. The average molecular weight is 155 g/mol. The molecule has 0 saturated carbocycles. The van der Waals surface area contributed by atoms with Crippen LogP contribution in [0.5, 0.6) is 0 Å². The van der Waals surface area contributed by atoms with Gasteiger partial charge in [-0.2, -0.15) is 0 Å². The Balaban J connectivity index is 2.52. The molecule has 0 radical (unpaired) electrons. The van der Waals surface area contributed by atoms with Gasteiger partial charge >= 0.3 is 0 Å². The first-order valence-electron chi connectivity index (χ1n) is 3.21. The molecule has 1 aliphatic rings. The maximum Gasteiger partial charge on any atom is 0.129 e. The highest BCUT2D eigenvalue weighted by Crippen LogP contribution is 2.15. The maximum absolute atomic E-state index is 5.68. The molecule has 2 heterocycles. The molecule has 0 bridgehead atoms. The van der Waals surface area contributed by atoms with Crippen molar-refractivity contribution in [1.82, 2.24) is 10.3 Å². The molecule has 1 aromatic rings. The summed E-state index contributed by atoms with van der Waals surface area (Å²) in [7, 11) is 0. The van der Waals surface area contributed by atoms with E-state index in [-0.39, 0.29) is 0 Å². The van der Waals surface area contributed by atoms with Gasteiger partial charge in [0.05, 0.1) is 5.69 Å². The van der Waals surface area contributed by atoms with Gasteiger partial charge in [0.1, 0.15) is 5.15 Å². The van der Waals surface area contributed by atoms with Crippen molar-refractivity contribution in [2.75, 3.05) is 0 Å². The summed E-state index contributed by atoms with van der Waals surface area (Å²) >= 11 is 5.68. The van der Waals surface area contributed by atoms with Gasteiger partial charge in [-0.05, 0) is 11.6 Å². The molecule has 0 aromatic carbocycles. The number of pyridine rings is 1. The molecule has 0 unspecified atom stereocenters. The summed E-state index contributed by atoms with van der Waals surface area (Å²) in [5.74, 6) is 0. The summed E-state index contributed by atoms with van der Waals surface area (Å²) in [6.45, 7) is 1.79. The minimum Gasteiger partial charge on any atom is -0.307 e. The number of rotatable bonds is 0. The molecular formula is C7H7ClN2. The lowest BCUT2D eigenvalue weighted by Crippen LogP contribution is -2.00. The van der Waals surface area contributed by atoms with E-state index < -0.39 is 0 Å². The first-order valence-corrected chi connectivity index (χ1v) is 3.59. The summed E-state index contributed by atoms with van der Waals surface area (Å²) < 4.78 is 0. The summed E-state index contributed by atoms with van der Waals surface area (Å²) in [4.78, 5) is 4.16. The van der Waals surface area contributed by atoms with Gasteiger partial charge in [0.2, 0.25) is 0 Å². The minimum absolute atomic E-state index is 0.586. The van der Waals surface area contributed by atoms with Gasteiger partial charge in [0.25, 0.3) is 0 Å². The zero-order chi connectivity index (χ0) is 6.97. The Bertz CT molecular complexity index is 260. The number of halogens is 1. The van der Waals surface area contributed by atoms with E-state index in [1.165, 1.54) is 5.56 Å². The highest BCUT2D eigenvalue weighted by molar-refractivity contribution is 6.29. The van der Waals surface area contributed by atoms with Crippen molar-refractivity contribution < 1.29 is 0 Å². The monoisotopic (exact) mass is 154 g/mol. The first kappa shape index (κ1) is 6.13. The molecule has 52 valence electrons. The van der Waals surface area contributed by atoms with Gasteiger partial charge in [-0.15, -0.1) is 0 Å². The Morgan fingerprint density at radius 2 is 2.30 bits per heavy atom. The van der Waals surface area contributed by atoms with Crippen molar-refractivity contribution in [1.29, 1.82) is 0 Å². The Morgan fingerprint density at radius 1 is 1.40 bits per heavy atom. The van der Waals surface area contributed by atoms with E-state index in [1.54, 1.807) is 0 Å². The fraction of sp³-hybridized carbons (Fsp3) is 0.286. The average Bonchev–Trinajstić information content (AvgIpc) is 2.33. The predicted octanol–water partition coefficient (Wildman–Crippen LogP) is 1.34. The molecule has 2 nitrogen and oxygen atoms in total. The van der Waals surface area contributed by atoms with E-state index in [0.717, 1.165) is 18.8 Å². The Labute approximate surface area is 64.2 Å². The van der Waals surface area contributed by atoms with Crippen LogP contribution in [-0.2, 0) is 13.1 Å². The lowest BCUT2D eigenvalue weighted by molar-refractivity contribution is 0.757. The molecular weight excluding hydrogens is 148 g/mol. The number of hydrogen-bond acceptors (Lipinski definition) is 2. The van der Waals surface area contributed by atoms with Crippen molar-refractivity contribution in [2.45, 2.75) is 13.1 Å². The molecule has 0 amide bonds. The zero-order valence-electron chi connectivity index (χ0n) is 5.39. The van der Waals surface area contributed by atoms with Crippen LogP contribution in [0.15, 0.2) is 12.1 Å². The number of aromatic nitrogens is 1. The fourth-order valence-corrected chi connectivity index (χ4v) is 1.30. The fourth-order valence-electron chi connectivity index (χ4n) is 1.13. The lowest BCUT2D eigenvalue weighted by atomic mass is 10.2. The molecule has 1 aliphatic heterocycles. The third-order valence-corrected chi connectivity index (χ3v) is 1.85. The van der Waals surface area contributed by atoms with Crippen LogP contribution >= 0.6 is 11.6 Å². The molecule has 10 heavy (non-hydrogen) atoms. The quantitative estimate of drug-likeness (QED) is 0.571. The van der Waals surface area contributed by atoms with Crippen molar-refractivity contribution in [3.8, 4) is 0 Å². The summed E-state index contributed by atoms with van der Waals surface area (Å²) in [6, 6.07) is 3.85. The molecule has 2 rings (SSSR count). The molecule has 0 spiro atoms. The first-order chi connectivity index (χ1) is 4.86. The van der Waals surface area contributed by atoms with E-state index in [4.69, 9.17) is 11.6 Å². The number of fused-ring (bicyclic) bond motifs is 1. The number of nitrogens with one attached hydrogen (secondary N) is 1. The molecule has 0 atom stereocenters. The van der Waals surface area contributed by atoms with Gasteiger partial charge in [-0.3, -0.25) is 0 Å². The van der Waals surface area contributed by atoms with E-state index in [0.29, 0.717) is 5.15 Å². The van der Waals surface area contributed by atoms with Gasteiger partial charge in [-0.1, -0.05) is 17.7 Å². The Kier molecular flexibility index (Phi) is 1.36. The number of hydrogen-bond donors (Lipinski definition) is 1. The second-order valence-corrected chi connectivity index (χ2v) is 2.73. The molecule has 1 N–H and O–H groups in total. The van der Waals surface area contributed by atoms with Crippen molar-refractivity contribution in [2.24, 2.45) is 0 Å². The highest BCUT2D eigenvalue weighted by atomic mass is 35.5. The van der Waals surface area contributed by atoms with Crippen LogP contribution in [0.3, 0.4) is 0 Å². The van der Waals surface area contributed by atoms with E-state index in [2.05, 4.69) is 10.3 Å². The summed E-state index contributed by atoms with van der Waals surface area (Å²) in [6.07, 6.45) is 0. The molecule has 0 aliphatic carbocycles. The van der Waals surface area contributed by atoms with Gasteiger partial charge in [-0.25, -0.2) is 4.98 Å². The van der Waals surface area contributed by atoms with Crippen molar-refractivity contribution >= 4 is 11.6 Å². The second kappa shape index (κ2) is 2.22. The van der Waals surface area contributed by atoms with Crippen molar-refractivity contribution in [3.63, 3.8) is 0 Å². The van der Waals surface area contributed by atoms with Crippen LogP contribution < -0.4 is 5.32 Å².